The molecule has 0 fully saturated rings. The number of rotatable bonds is 9. The van der Waals surface area contributed by atoms with Crippen molar-refractivity contribution in [2.45, 2.75) is 52.4 Å². The van der Waals surface area contributed by atoms with E-state index < -0.39 is 6.10 Å². The fraction of sp³-hybridized carbons (Fsp3) is 0.667. The molecule has 0 aliphatic carbocycles. The van der Waals surface area contributed by atoms with E-state index >= 15 is 0 Å². The molecule has 0 aliphatic heterocycles. The Morgan fingerprint density at radius 1 is 1.04 bits per heavy atom. The third-order valence-electron chi connectivity index (χ3n) is 2.72. The Morgan fingerprint density at radius 2 is 1.61 bits per heavy atom. The summed E-state index contributed by atoms with van der Waals surface area (Å²) in [7, 11) is 1.70. The number of ether oxygens (including phenoxy) is 2. The molecule has 0 aliphatic rings. The lowest BCUT2D eigenvalue weighted by atomic mass is 10.1. The van der Waals surface area contributed by atoms with Gasteiger partial charge >= 0.3 is 0 Å². The van der Waals surface area contributed by atoms with E-state index in [4.69, 9.17) is 14.6 Å². The topological polar surface area (TPSA) is 71.0 Å². The van der Waals surface area contributed by atoms with Crippen molar-refractivity contribution < 1.29 is 19.7 Å². The Kier molecular flexibility index (Phi) is 12.7. The molecule has 134 valence electrons. The van der Waals surface area contributed by atoms with E-state index in [0.29, 0.717) is 19.2 Å². The summed E-state index contributed by atoms with van der Waals surface area (Å²) in [4.78, 5) is 0. The van der Waals surface area contributed by atoms with Crippen LogP contribution in [0, 0.1) is 0 Å². The average Bonchev–Trinajstić information content (AvgIpc) is 2.49. The van der Waals surface area contributed by atoms with Crippen molar-refractivity contribution in [2.75, 3.05) is 26.9 Å². The van der Waals surface area contributed by atoms with E-state index in [2.05, 4.69) is 5.32 Å². The van der Waals surface area contributed by atoms with Crippen LogP contribution in [0.1, 0.15) is 33.3 Å². The number of aliphatic hydroxyl groups is 2. The molecule has 1 rings (SSSR count). The molecule has 3 N–H and O–H groups in total. The van der Waals surface area contributed by atoms with Gasteiger partial charge in [0, 0.05) is 25.8 Å². The van der Waals surface area contributed by atoms with Gasteiger partial charge in [0.1, 0.15) is 18.5 Å². The summed E-state index contributed by atoms with van der Waals surface area (Å²) in [6.45, 7) is 9.11. The van der Waals surface area contributed by atoms with Crippen molar-refractivity contribution in [2.24, 2.45) is 0 Å². The zero-order chi connectivity index (χ0) is 17.7. The van der Waals surface area contributed by atoms with Crippen LogP contribution in [0.5, 0.6) is 5.75 Å². The summed E-state index contributed by atoms with van der Waals surface area (Å²) < 4.78 is 10.6. The van der Waals surface area contributed by atoms with Crippen molar-refractivity contribution in [3.8, 4) is 5.75 Å². The Morgan fingerprint density at radius 3 is 2.09 bits per heavy atom. The summed E-state index contributed by atoms with van der Waals surface area (Å²) in [5.41, 5.74) is 1.22. The zero-order valence-electron chi connectivity index (χ0n) is 15.1. The van der Waals surface area contributed by atoms with Gasteiger partial charge in [0.15, 0.2) is 0 Å². The van der Waals surface area contributed by atoms with Gasteiger partial charge < -0.3 is 25.0 Å². The van der Waals surface area contributed by atoms with Crippen LogP contribution in [0.15, 0.2) is 24.3 Å². The van der Waals surface area contributed by atoms with E-state index in [9.17, 15) is 5.11 Å². The fourth-order valence-corrected chi connectivity index (χ4v) is 1.60. The van der Waals surface area contributed by atoms with Crippen molar-refractivity contribution >= 4 is 0 Å². The Hall–Kier alpha value is -1.14. The van der Waals surface area contributed by atoms with Crippen molar-refractivity contribution in [3.05, 3.63) is 29.8 Å². The highest BCUT2D eigenvalue weighted by molar-refractivity contribution is 5.27. The van der Waals surface area contributed by atoms with Crippen LogP contribution in [-0.2, 0) is 11.2 Å². The van der Waals surface area contributed by atoms with E-state index in [-0.39, 0.29) is 6.10 Å². The second-order valence-electron chi connectivity index (χ2n) is 6.01. The molecule has 0 radical (unpaired) electrons. The number of nitrogens with one attached hydrogen (secondary N) is 1. The summed E-state index contributed by atoms with van der Waals surface area (Å²) >= 11 is 0. The first kappa shape index (κ1) is 21.9. The van der Waals surface area contributed by atoms with Crippen molar-refractivity contribution in [3.63, 3.8) is 0 Å². The summed E-state index contributed by atoms with van der Waals surface area (Å²) in [5.74, 6) is 0.782. The fourth-order valence-electron chi connectivity index (χ4n) is 1.60. The molecular weight excluding hydrogens is 294 g/mol. The van der Waals surface area contributed by atoms with Crippen LogP contribution < -0.4 is 10.1 Å². The molecule has 0 saturated carbocycles. The lowest BCUT2D eigenvalue weighted by Gasteiger charge is -2.15. The molecule has 23 heavy (non-hydrogen) atoms. The van der Waals surface area contributed by atoms with Gasteiger partial charge in [-0.3, -0.25) is 0 Å². The summed E-state index contributed by atoms with van der Waals surface area (Å²) in [6.07, 6.45) is 0.244. The molecule has 1 atom stereocenters. The maximum atomic E-state index is 9.73. The van der Waals surface area contributed by atoms with Gasteiger partial charge in [-0.2, -0.15) is 0 Å². The smallest absolute Gasteiger partial charge is 0.119 e. The molecule has 0 saturated heterocycles. The molecule has 0 bridgehead atoms. The van der Waals surface area contributed by atoms with E-state index in [0.717, 1.165) is 18.8 Å². The van der Waals surface area contributed by atoms with Crippen LogP contribution >= 0.6 is 0 Å². The van der Waals surface area contributed by atoms with Gasteiger partial charge in [-0.1, -0.05) is 26.0 Å². The largest absolute Gasteiger partial charge is 0.491 e. The zero-order valence-corrected chi connectivity index (χ0v) is 15.1. The van der Waals surface area contributed by atoms with Gasteiger partial charge in [0.2, 0.25) is 0 Å². The van der Waals surface area contributed by atoms with Gasteiger partial charge in [0.05, 0.1) is 6.61 Å². The first-order valence-electron chi connectivity index (χ1n) is 8.15. The summed E-state index contributed by atoms with van der Waals surface area (Å²) in [6, 6.07) is 8.26. The Labute approximate surface area is 140 Å². The Balaban J connectivity index is 0.00000108. The van der Waals surface area contributed by atoms with Crippen LogP contribution in [0.4, 0.5) is 0 Å². The van der Waals surface area contributed by atoms with Gasteiger partial charge in [-0.15, -0.1) is 0 Å². The highest BCUT2D eigenvalue weighted by Crippen LogP contribution is 2.12. The van der Waals surface area contributed by atoms with Gasteiger partial charge in [-0.05, 0) is 38.0 Å². The molecule has 0 amide bonds. The average molecular weight is 327 g/mol. The third kappa shape index (κ3) is 14.2. The summed E-state index contributed by atoms with van der Waals surface area (Å²) in [5, 5.41) is 21.0. The molecule has 1 aromatic rings. The number of benzene rings is 1. The van der Waals surface area contributed by atoms with Crippen LogP contribution in [-0.4, -0.2) is 55.3 Å². The third-order valence-corrected chi connectivity index (χ3v) is 2.72. The number of hydrogen-bond donors (Lipinski definition) is 3. The van der Waals surface area contributed by atoms with Crippen molar-refractivity contribution in [1.29, 1.82) is 0 Å². The SMILES string of the molecule is CC(C)O.COCCc1ccc(OCC(O)CNC(C)C)cc1. The standard InChI is InChI=1S/C15H25NO3.C3H8O/c1-12(2)16-10-14(17)11-19-15-6-4-13(5-7-15)8-9-18-3;1-3(2)4/h4-7,12,14,16-17H,8-11H2,1-3H3;3-4H,1-2H3. The molecule has 1 aromatic carbocycles. The normalized spacial score (nSPS) is 12.0. The molecule has 0 spiro atoms. The van der Waals surface area contributed by atoms with Gasteiger partial charge in [-0.25, -0.2) is 0 Å². The number of hydrogen-bond acceptors (Lipinski definition) is 5. The lowest BCUT2D eigenvalue weighted by molar-refractivity contribution is 0.104. The predicted octanol–water partition coefficient (Wildman–Crippen LogP) is 2.00. The van der Waals surface area contributed by atoms with E-state index in [1.54, 1.807) is 21.0 Å². The highest BCUT2D eigenvalue weighted by Gasteiger charge is 2.05. The van der Waals surface area contributed by atoms with E-state index in [1.807, 2.05) is 38.1 Å². The predicted molar refractivity (Wildman–Crippen MR) is 94.0 cm³/mol. The number of methoxy groups -OCH3 is 1. The van der Waals surface area contributed by atoms with Crippen molar-refractivity contribution in [1.82, 2.24) is 5.32 Å². The highest BCUT2D eigenvalue weighted by atomic mass is 16.5. The first-order valence-corrected chi connectivity index (χ1v) is 8.15. The minimum absolute atomic E-state index is 0.167. The first-order chi connectivity index (χ1) is 10.8. The quantitative estimate of drug-likeness (QED) is 0.647. The molecule has 0 aromatic heterocycles. The molecule has 1 unspecified atom stereocenters. The van der Waals surface area contributed by atoms with Crippen LogP contribution in [0.3, 0.4) is 0 Å². The van der Waals surface area contributed by atoms with Crippen LogP contribution in [0.25, 0.3) is 0 Å². The minimum Gasteiger partial charge on any atom is -0.491 e. The van der Waals surface area contributed by atoms with Crippen LogP contribution in [0.2, 0.25) is 0 Å². The Bertz CT molecular complexity index is 376. The van der Waals surface area contributed by atoms with Gasteiger partial charge in [0.25, 0.3) is 0 Å². The second-order valence-corrected chi connectivity index (χ2v) is 6.01. The molecule has 5 nitrogen and oxygen atoms in total. The minimum atomic E-state index is -0.490. The second kappa shape index (κ2) is 13.3. The maximum absolute atomic E-state index is 9.73. The van der Waals surface area contributed by atoms with E-state index in [1.165, 1.54) is 5.56 Å². The lowest BCUT2D eigenvalue weighted by Crippen LogP contribution is -2.35. The molecule has 0 heterocycles. The maximum Gasteiger partial charge on any atom is 0.119 e. The molecule has 5 heteroatoms. The number of aliphatic hydroxyl groups excluding tert-OH is 2. The monoisotopic (exact) mass is 327 g/mol. The molecular formula is C18H33NO4.